The smallest absolute Gasteiger partial charge is 0.252 e. The van der Waals surface area contributed by atoms with E-state index in [1.54, 1.807) is 24.8 Å². The molecule has 1 amide bonds. The number of hydrogen-bond donors (Lipinski definition) is 3. The van der Waals surface area contributed by atoms with Crippen molar-refractivity contribution in [2.75, 3.05) is 18.0 Å². The van der Waals surface area contributed by atoms with Crippen molar-refractivity contribution in [2.45, 2.75) is 31.8 Å². The van der Waals surface area contributed by atoms with Crippen LogP contribution in [0.2, 0.25) is 0 Å². The molecule has 1 fully saturated rings. The maximum atomic E-state index is 14.3. The topological polar surface area (TPSA) is 125 Å². The summed E-state index contributed by atoms with van der Waals surface area (Å²) in [4.78, 5) is 32.7. The number of carbonyl (C=O) groups excluding carboxylic acids is 1. The zero-order chi connectivity index (χ0) is 30.9. The average molecular weight is 603 g/mol. The molecule has 3 aromatic carbocycles. The van der Waals surface area contributed by atoms with E-state index in [9.17, 15) is 14.3 Å². The zero-order valence-corrected chi connectivity index (χ0v) is 24.6. The Kier molecular flexibility index (Phi) is 7.42. The molecule has 1 unspecified atom stereocenters. The highest BCUT2D eigenvalue weighted by atomic mass is 19.1. The number of piperidine rings is 1. The first kappa shape index (κ1) is 28.2. The Hall–Kier alpha value is -5.58. The first-order chi connectivity index (χ1) is 21.9. The molecule has 1 aliphatic heterocycles. The molecule has 1 aliphatic rings. The molecule has 3 aromatic heterocycles. The van der Waals surface area contributed by atoms with E-state index in [1.165, 1.54) is 18.2 Å². The summed E-state index contributed by atoms with van der Waals surface area (Å²) in [5, 5.41) is 18.9. The van der Waals surface area contributed by atoms with Crippen molar-refractivity contribution in [2.24, 2.45) is 0 Å². The minimum Gasteiger partial charge on any atom is -0.508 e. The number of nitrogens with one attached hydrogen (secondary N) is 2. The number of phenols is 1. The normalized spacial score (nSPS) is 14.5. The predicted molar refractivity (Wildman–Crippen MR) is 168 cm³/mol. The highest BCUT2D eigenvalue weighted by molar-refractivity contribution is 5.96. The number of rotatable bonds is 7. The van der Waals surface area contributed by atoms with E-state index in [1.807, 2.05) is 60.4 Å². The van der Waals surface area contributed by atoms with Crippen molar-refractivity contribution in [3.8, 4) is 17.1 Å². The number of aromatic amines is 1. The molecule has 0 aliphatic carbocycles. The number of carbonyl (C=O) groups is 1. The van der Waals surface area contributed by atoms with Gasteiger partial charge < -0.3 is 20.3 Å². The van der Waals surface area contributed by atoms with Crippen LogP contribution in [0.25, 0.3) is 22.3 Å². The maximum absolute atomic E-state index is 14.3. The lowest BCUT2D eigenvalue weighted by Gasteiger charge is -2.33. The van der Waals surface area contributed by atoms with Gasteiger partial charge in [0.25, 0.3) is 5.91 Å². The summed E-state index contributed by atoms with van der Waals surface area (Å²) >= 11 is 0. The number of fused-ring (bicyclic) bond motifs is 1. The van der Waals surface area contributed by atoms with Gasteiger partial charge in [-0.15, -0.1) is 0 Å². The van der Waals surface area contributed by atoms with Crippen LogP contribution in [0, 0.1) is 12.7 Å². The van der Waals surface area contributed by atoms with Crippen LogP contribution in [-0.4, -0.2) is 53.8 Å². The summed E-state index contributed by atoms with van der Waals surface area (Å²) in [5.74, 6) is -0.527. The Labute approximate surface area is 258 Å². The minimum absolute atomic E-state index is 0.124. The lowest BCUT2D eigenvalue weighted by molar-refractivity contribution is 0.0942. The van der Waals surface area contributed by atoms with Crippen LogP contribution in [0.3, 0.4) is 0 Å². The van der Waals surface area contributed by atoms with E-state index in [4.69, 9.17) is 0 Å². The van der Waals surface area contributed by atoms with Crippen LogP contribution in [0.5, 0.6) is 5.75 Å². The minimum atomic E-state index is -0.839. The number of amides is 1. The molecule has 4 heterocycles. The molecule has 0 spiro atoms. The van der Waals surface area contributed by atoms with Gasteiger partial charge in [-0.3, -0.25) is 4.79 Å². The van der Waals surface area contributed by atoms with Crippen LogP contribution in [-0.2, 0) is 0 Å². The lowest BCUT2D eigenvalue weighted by atomic mass is 10.0. The van der Waals surface area contributed by atoms with E-state index < -0.39 is 11.9 Å². The predicted octanol–water partition coefficient (Wildman–Crippen LogP) is 5.73. The number of nitrogens with zero attached hydrogens (tertiary/aromatic N) is 6. The van der Waals surface area contributed by atoms with E-state index in [-0.39, 0.29) is 17.2 Å². The third-order valence-corrected chi connectivity index (χ3v) is 8.31. The fourth-order valence-electron chi connectivity index (χ4n) is 6.02. The quantitative estimate of drug-likeness (QED) is 0.213. The Morgan fingerprint density at radius 2 is 1.84 bits per heavy atom. The SMILES string of the molecule is Cc1cc(C(=O)NC(c2cc3ccccc3[nH]2)c2cc(F)ccc2O)cc(-c2ncc(N3CCC(n4cncn4)CC3)cn2)c1. The van der Waals surface area contributed by atoms with Crippen LogP contribution in [0.1, 0.15) is 52.1 Å². The molecular weight excluding hydrogens is 571 g/mol. The number of aryl methyl sites for hydroxylation is 1. The number of para-hydroxylation sites is 1. The fourth-order valence-corrected chi connectivity index (χ4v) is 6.02. The van der Waals surface area contributed by atoms with Gasteiger partial charge in [0.05, 0.1) is 30.2 Å². The van der Waals surface area contributed by atoms with Gasteiger partial charge in [-0.05, 0) is 79.2 Å². The van der Waals surface area contributed by atoms with Crippen LogP contribution in [0.15, 0.2) is 91.8 Å². The van der Waals surface area contributed by atoms with Gasteiger partial charge in [-0.1, -0.05) is 18.2 Å². The van der Waals surface area contributed by atoms with Crippen molar-refractivity contribution >= 4 is 22.5 Å². The summed E-state index contributed by atoms with van der Waals surface area (Å²) in [6.45, 7) is 3.63. The highest BCUT2D eigenvalue weighted by Crippen LogP contribution is 2.32. The van der Waals surface area contributed by atoms with Gasteiger partial charge in [-0.2, -0.15) is 5.10 Å². The molecular formula is C34H31FN8O2. The number of aromatic hydroxyl groups is 1. The van der Waals surface area contributed by atoms with E-state index >= 15 is 0 Å². The third kappa shape index (κ3) is 5.84. The second kappa shape index (κ2) is 11.8. The Morgan fingerprint density at radius 1 is 1.04 bits per heavy atom. The molecule has 11 heteroatoms. The van der Waals surface area contributed by atoms with Crippen molar-refractivity contribution in [1.82, 2.24) is 35.0 Å². The Balaban J connectivity index is 1.12. The van der Waals surface area contributed by atoms with Gasteiger partial charge in [-0.25, -0.2) is 24.0 Å². The van der Waals surface area contributed by atoms with Crippen molar-refractivity contribution in [1.29, 1.82) is 0 Å². The Bertz CT molecular complexity index is 1930. The van der Waals surface area contributed by atoms with Crippen LogP contribution < -0.4 is 10.2 Å². The van der Waals surface area contributed by atoms with E-state index in [0.29, 0.717) is 28.7 Å². The molecule has 0 bridgehead atoms. The lowest BCUT2D eigenvalue weighted by Crippen LogP contribution is -2.34. The molecule has 226 valence electrons. The first-order valence-corrected chi connectivity index (χ1v) is 14.8. The molecule has 0 radical (unpaired) electrons. The van der Waals surface area contributed by atoms with Crippen molar-refractivity contribution in [3.63, 3.8) is 0 Å². The number of aromatic nitrogens is 6. The van der Waals surface area contributed by atoms with Crippen molar-refractivity contribution < 1.29 is 14.3 Å². The van der Waals surface area contributed by atoms with Gasteiger partial charge in [0.2, 0.25) is 0 Å². The maximum Gasteiger partial charge on any atom is 0.252 e. The number of H-pyrrole nitrogens is 1. The molecule has 1 saturated heterocycles. The summed E-state index contributed by atoms with van der Waals surface area (Å²) in [7, 11) is 0. The average Bonchev–Trinajstić information content (AvgIpc) is 3.76. The molecule has 45 heavy (non-hydrogen) atoms. The van der Waals surface area contributed by atoms with Crippen molar-refractivity contribution in [3.05, 3.63) is 120 Å². The highest BCUT2D eigenvalue weighted by Gasteiger charge is 2.25. The fraction of sp³-hybridized carbons (Fsp3) is 0.206. The van der Waals surface area contributed by atoms with E-state index in [2.05, 4.69) is 35.3 Å². The first-order valence-electron chi connectivity index (χ1n) is 14.8. The van der Waals surface area contributed by atoms with Crippen LogP contribution >= 0.6 is 0 Å². The number of hydrogen-bond acceptors (Lipinski definition) is 7. The Morgan fingerprint density at radius 3 is 2.60 bits per heavy atom. The standard InChI is InChI=1S/C34H31FN8O2/c1-21-12-23(33-37-17-27(18-38-33)42-10-8-26(9-11-42)43-20-36-19-39-43)14-24(13-21)34(45)41-32(28-16-25(35)6-7-31(28)44)30-15-22-4-2-3-5-29(22)40-30/h2-7,12-20,26,32,40,44H,8-11H2,1H3,(H,41,45). The van der Waals surface area contributed by atoms with Gasteiger partial charge in [0.1, 0.15) is 24.2 Å². The summed E-state index contributed by atoms with van der Waals surface area (Å²) in [5.41, 5.74) is 4.61. The summed E-state index contributed by atoms with van der Waals surface area (Å²) in [6, 6.07) is 18.2. The molecule has 6 aromatic rings. The largest absolute Gasteiger partial charge is 0.508 e. The molecule has 10 nitrogen and oxygen atoms in total. The monoisotopic (exact) mass is 602 g/mol. The van der Waals surface area contributed by atoms with Crippen LogP contribution in [0.4, 0.5) is 10.1 Å². The molecule has 0 saturated carbocycles. The number of benzene rings is 3. The van der Waals surface area contributed by atoms with Gasteiger partial charge in [0, 0.05) is 41.0 Å². The number of anilines is 1. The number of halogens is 1. The molecule has 3 N–H and O–H groups in total. The van der Waals surface area contributed by atoms with Gasteiger partial charge >= 0.3 is 0 Å². The van der Waals surface area contributed by atoms with Gasteiger partial charge in [0.15, 0.2) is 5.82 Å². The van der Waals surface area contributed by atoms with E-state index in [0.717, 1.165) is 48.1 Å². The second-order valence-electron chi connectivity index (χ2n) is 11.4. The third-order valence-electron chi connectivity index (χ3n) is 8.31. The zero-order valence-electron chi connectivity index (χ0n) is 24.6. The summed E-state index contributed by atoms with van der Waals surface area (Å²) < 4.78 is 16.3. The molecule has 7 rings (SSSR count). The second-order valence-corrected chi connectivity index (χ2v) is 11.4. The summed E-state index contributed by atoms with van der Waals surface area (Å²) in [6.07, 6.45) is 8.87. The number of phenolic OH excluding ortho intramolecular Hbond substituents is 1. The molecule has 1 atom stereocenters.